The molecule has 2 aromatic heterocycles. The van der Waals surface area contributed by atoms with Crippen LogP contribution in [0.15, 0.2) is 40.9 Å². The van der Waals surface area contributed by atoms with Crippen LogP contribution in [0.5, 0.6) is 5.75 Å². The number of aryl methyl sites for hydroxylation is 1. The van der Waals surface area contributed by atoms with Crippen molar-refractivity contribution in [1.29, 1.82) is 0 Å². The Morgan fingerprint density at radius 3 is 2.94 bits per heavy atom. The van der Waals surface area contributed by atoms with Crippen LogP contribution in [0.25, 0.3) is 11.0 Å². The van der Waals surface area contributed by atoms with Gasteiger partial charge < -0.3 is 19.8 Å². The predicted octanol–water partition coefficient (Wildman–Crippen LogP) is 4.38. The molecule has 1 aliphatic heterocycles. The van der Waals surface area contributed by atoms with Gasteiger partial charge in [0.1, 0.15) is 23.7 Å². The lowest BCUT2D eigenvalue weighted by atomic mass is 10.0. The predicted molar refractivity (Wildman–Crippen MR) is 108 cm³/mol. The first-order valence-corrected chi connectivity index (χ1v) is 10.0. The first kappa shape index (κ1) is 22.1. The summed E-state index contributed by atoms with van der Waals surface area (Å²) in [5.74, 6) is -3.17. The fraction of sp³-hybridized carbons (Fsp3) is 0.364. The first-order chi connectivity index (χ1) is 15.3. The SMILES string of the molecule is Cc1oc2ccc(OCc3ncccc3C(F)F)cc2c1C(=O)NC1CCNCC1(F)F. The molecule has 0 aliphatic carbocycles. The number of rotatable bonds is 6. The normalized spacial score (nSPS) is 18.1. The van der Waals surface area contributed by atoms with Gasteiger partial charge in [-0.2, -0.15) is 0 Å². The summed E-state index contributed by atoms with van der Waals surface area (Å²) in [5, 5.41) is 5.41. The average molecular weight is 451 g/mol. The third-order valence-electron chi connectivity index (χ3n) is 5.38. The zero-order valence-electron chi connectivity index (χ0n) is 17.1. The molecule has 0 radical (unpaired) electrons. The Labute approximate surface area is 180 Å². The van der Waals surface area contributed by atoms with Crippen LogP contribution < -0.4 is 15.4 Å². The van der Waals surface area contributed by atoms with Crippen LogP contribution in [0.3, 0.4) is 0 Å². The number of alkyl halides is 4. The Morgan fingerprint density at radius 2 is 2.19 bits per heavy atom. The molecule has 4 rings (SSSR count). The summed E-state index contributed by atoms with van der Waals surface area (Å²) in [5.41, 5.74) is 0.377. The molecule has 1 fully saturated rings. The maximum Gasteiger partial charge on any atom is 0.280 e. The van der Waals surface area contributed by atoms with Crippen LogP contribution in [-0.4, -0.2) is 35.9 Å². The van der Waals surface area contributed by atoms with Gasteiger partial charge in [-0.05, 0) is 50.2 Å². The second-order valence-corrected chi connectivity index (χ2v) is 7.57. The summed E-state index contributed by atoms with van der Waals surface area (Å²) >= 11 is 0. The van der Waals surface area contributed by atoms with Crippen molar-refractivity contribution in [2.45, 2.75) is 38.3 Å². The minimum atomic E-state index is -3.07. The number of aromatic nitrogens is 1. The number of furan rings is 1. The number of nitrogens with one attached hydrogen (secondary N) is 2. The van der Waals surface area contributed by atoms with E-state index in [4.69, 9.17) is 9.15 Å². The summed E-state index contributed by atoms with van der Waals surface area (Å²) in [6, 6.07) is 6.06. The maximum atomic E-state index is 14.1. The van der Waals surface area contributed by atoms with E-state index in [1.165, 1.54) is 24.4 Å². The van der Waals surface area contributed by atoms with Gasteiger partial charge >= 0.3 is 0 Å². The number of piperidine rings is 1. The number of fused-ring (bicyclic) bond motifs is 1. The molecule has 1 atom stereocenters. The number of carbonyl (C=O) groups excluding carboxylic acids is 1. The molecule has 1 amide bonds. The van der Waals surface area contributed by atoms with E-state index in [-0.39, 0.29) is 35.6 Å². The van der Waals surface area contributed by atoms with Crippen LogP contribution in [0, 0.1) is 6.92 Å². The Bertz CT molecular complexity index is 1130. The molecule has 0 saturated carbocycles. The van der Waals surface area contributed by atoms with E-state index in [2.05, 4.69) is 15.6 Å². The molecule has 0 bridgehead atoms. The number of hydrogen-bond acceptors (Lipinski definition) is 5. The van der Waals surface area contributed by atoms with Gasteiger partial charge in [0, 0.05) is 17.1 Å². The highest BCUT2D eigenvalue weighted by Crippen LogP contribution is 2.31. The number of pyridine rings is 1. The van der Waals surface area contributed by atoms with Gasteiger partial charge in [-0.1, -0.05) is 0 Å². The van der Waals surface area contributed by atoms with E-state index < -0.39 is 30.8 Å². The minimum Gasteiger partial charge on any atom is -0.487 e. The van der Waals surface area contributed by atoms with Crippen molar-refractivity contribution in [3.05, 3.63) is 59.1 Å². The van der Waals surface area contributed by atoms with Gasteiger partial charge in [0.05, 0.1) is 23.8 Å². The largest absolute Gasteiger partial charge is 0.487 e. The zero-order valence-corrected chi connectivity index (χ0v) is 17.1. The second kappa shape index (κ2) is 8.78. The third kappa shape index (κ3) is 4.40. The van der Waals surface area contributed by atoms with E-state index >= 15 is 0 Å². The summed E-state index contributed by atoms with van der Waals surface area (Å²) in [7, 11) is 0. The molecule has 1 unspecified atom stereocenters. The van der Waals surface area contributed by atoms with Gasteiger partial charge in [-0.25, -0.2) is 17.6 Å². The molecular formula is C22H21F4N3O3. The summed E-state index contributed by atoms with van der Waals surface area (Å²) < 4.78 is 65.8. The van der Waals surface area contributed by atoms with E-state index in [1.807, 2.05) is 0 Å². The number of nitrogens with zero attached hydrogens (tertiary/aromatic N) is 1. The van der Waals surface area contributed by atoms with Gasteiger partial charge in [0.15, 0.2) is 0 Å². The van der Waals surface area contributed by atoms with Crippen LogP contribution in [0.2, 0.25) is 0 Å². The smallest absolute Gasteiger partial charge is 0.280 e. The topological polar surface area (TPSA) is 76.4 Å². The Hall–Kier alpha value is -3.14. The summed E-state index contributed by atoms with van der Waals surface area (Å²) in [4.78, 5) is 16.8. The number of carbonyl (C=O) groups is 1. The Balaban J connectivity index is 1.57. The highest BCUT2D eigenvalue weighted by molar-refractivity contribution is 6.07. The highest BCUT2D eigenvalue weighted by Gasteiger charge is 2.42. The molecule has 170 valence electrons. The Morgan fingerprint density at radius 1 is 1.38 bits per heavy atom. The van der Waals surface area contributed by atoms with Crippen LogP contribution in [-0.2, 0) is 6.61 Å². The van der Waals surface area contributed by atoms with Crippen molar-refractivity contribution in [1.82, 2.24) is 15.6 Å². The Kier molecular flexibility index (Phi) is 6.05. The molecule has 1 aromatic carbocycles. The number of halogens is 4. The zero-order chi connectivity index (χ0) is 22.9. The quantitative estimate of drug-likeness (QED) is 0.544. The second-order valence-electron chi connectivity index (χ2n) is 7.57. The van der Waals surface area contributed by atoms with Crippen LogP contribution >= 0.6 is 0 Å². The lowest BCUT2D eigenvalue weighted by Gasteiger charge is -2.32. The maximum absolute atomic E-state index is 14.1. The van der Waals surface area contributed by atoms with Crippen molar-refractivity contribution in [3.8, 4) is 5.75 Å². The van der Waals surface area contributed by atoms with E-state index in [0.29, 0.717) is 23.3 Å². The molecule has 6 nitrogen and oxygen atoms in total. The van der Waals surface area contributed by atoms with Crippen LogP contribution in [0.1, 0.15) is 40.2 Å². The van der Waals surface area contributed by atoms with Gasteiger partial charge in [0.2, 0.25) is 0 Å². The van der Waals surface area contributed by atoms with Crippen molar-refractivity contribution < 1.29 is 31.5 Å². The van der Waals surface area contributed by atoms with Gasteiger partial charge in [0.25, 0.3) is 18.3 Å². The van der Waals surface area contributed by atoms with Gasteiger partial charge in [-0.3, -0.25) is 9.78 Å². The summed E-state index contributed by atoms with van der Waals surface area (Å²) in [6.45, 7) is 1.23. The first-order valence-electron chi connectivity index (χ1n) is 10.0. The molecule has 0 spiro atoms. The van der Waals surface area contributed by atoms with Crippen molar-refractivity contribution >= 4 is 16.9 Å². The number of amides is 1. The van der Waals surface area contributed by atoms with Gasteiger partial charge in [-0.15, -0.1) is 0 Å². The standard InChI is InChI=1S/C22H21F4N3O3/c1-12-19(21(30)29-18-6-8-27-11-22(18,25)26)15-9-13(4-5-17(15)32-12)31-10-16-14(20(23)24)3-2-7-28-16/h2-5,7,9,18,20,27H,6,8,10-11H2,1H3,(H,29,30). The molecule has 3 aromatic rings. The van der Waals surface area contributed by atoms with E-state index in [0.717, 1.165) is 0 Å². The lowest BCUT2D eigenvalue weighted by Crippen LogP contribution is -2.57. The molecular weight excluding hydrogens is 430 g/mol. The molecule has 2 N–H and O–H groups in total. The minimum absolute atomic E-state index is 0.0945. The molecule has 32 heavy (non-hydrogen) atoms. The van der Waals surface area contributed by atoms with E-state index in [1.54, 1.807) is 19.1 Å². The third-order valence-corrected chi connectivity index (χ3v) is 5.38. The molecule has 3 heterocycles. The molecule has 1 aliphatic rings. The fourth-order valence-electron chi connectivity index (χ4n) is 3.74. The number of hydrogen-bond donors (Lipinski definition) is 2. The highest BCUT2D eigenvalue weighted by atomic mass is 19.3. The van der Waals surface area contributed by atoms with Crippen LogP contribution in [0.4, 0.5) is 17.6 Å². The van der Waals surface area contributed by atoms with Crippen molar-refractivity contribution in [2.24, 2.45) is 0 Å². The lowest BCUT2D eigenvalue weighted by molar-refractivity contribution is -0.0487. The molecule has 10 heteroatoms. The monoisotopic (exact) mass is 451 g/mol. The molecule has 1 saturated heterocycles. The van der Waals surface area contributed by atoms with Crippen molar-refractivity contribution in [2.75, 3.05) is 13.1 Å². The summed E-state index contributed by atoms with van der Waals surface area (Å²) in [6.07, 6.45) is -1.20. The van der Waals surface area contributed by atoms with E-state index in [9.17, 15) is 22.4 Å². The fourth-order valence-corrected chi connectivity index (χ4v) is 3.74. The average Bonchev–Trinajstić information content (AvgIpc) is 3.08. The van der Waals surface area contributed by atoms with Crippen molar-refractivity contribution in [3.63, 3.8) is 0 Å². The number of ether oxygens (including phenoxy) is 1. The number of benzene rings is 1.